The van der Waals surface area contributed by atoms with Crippen LogP contribution in [0.3, 0.4) is 0 Å². The fourth-order valence-corrected chi connectivity index (χ4v) is 6.33. The highest BCUT2D eigenvalue weighted by Crippen LogP contribution is 2.33. The van der Waals surface area contributed by atoms with Crippen LogP contribution in [0.4, 0.5) is 18.0 Å². The fraction of sp³-hybridized carbons (Fsp3) is 0.500. The van der Waals surface area contributed by atoms with Crippen LogP contribution in [0, 0.1) is 0 Å². The maximum atomic E-state index is 13.6. The first-order valence-electron chi connectivity index (χ1n) is 12.5. The molecular formula is C26H30BrF3N2O7S. The smallest absolute Gasteiger partial charge is 0.427 e. The van der Waals surface area contributed by atoms with Gasteiger partial charge < -0.3 is 23.8 Å². The largest absolute Gasteiger partial charge is 0.497 e. The number of alkyl halides is 3. The van der Waals surface area contributed by atoms with E-state index in [-0.39, 0.29) is 57.1 Å². The predicted octanol–water partition coefficient (Wildman–Crippen LogP) is 4.60. The fourth-order valence-electron chi connectivity index (χ4n) is 4.57. The molecule has 2 fully saturated rings. The van der Waals surface area contributed by atoms with Gasteiger partial charge in [0.15, 0.2) is 0 Å². The van der Waals surface area contributed by atoms with E-state index in [1.165, 1.54) is 28.4 Å². The highest BCUT2D eigenvalue weighted by atomic mass is 79.9. The number of morpholine rings is 1. The lowest BCUT2D eigenvalue weighted by atomic mass is 9.90. The molecule has 1 spiro atoms. The Morgan fingerprint density at radius 2 is 1.73 bits per heavy atom. The quantitative estimate of drug-likeness (QED) is 0.412. The number of likely N-dealkylation sites (tertiary alicyclic amines) is 1. The highest BCUT2D eigenvalue weighted by molar-refractivity contribution is 9.10. The molecule has 9 nitrogen and oxygen atoms in total. The minimum Gasteiger partial charge on any atom is -0.497 e. The maximum absolute atomic E-state index is 13.6. The summed E-state index contributed by atoms with van der Waals surface area (Å²) >= 11 is 3.29. The van der Waals surface area contributed by atoms with Gasteiger partial charge >= 0.3 is 12.3 Å². The molecule has 0 N–H and O–H groups in total. The summed E-state index contributed by atoms with van der Waals surface area (Å²) in [5, 5.41) is 0. The second-order valence-corrected chi connectivity index (χ2v) is 12.4. The van der Waals surface area contributed by atoms with E-state index >= 15 is 0 Å². The van der Waals surface area contributed by atoms with E-state index in [0.717, 1.165) is 4.47 Å². The number of carbonyl (C=O) groups is 1. The number of carbonyl (C=O) groups excluding carboxylic acids is 1. The molecule has 1 unspecified atom stereocenters. The Morgan fingerprint density at radius 1 is 1.07 bits per heavy atom. The Kier molecular flexibility index (Phi) is 9.66. The number of benzene rings is 2. The SMILES string of the molecule is COc1ccc(COCC(OC(=O)N2CCC3(CC2)CN(S(=O)(=O)c2ccc(Br)cc2)CCO3)C(F)(F)F)cc1. The number of ether oxygens (including phenoxy) is 4. The van der Waals surface area contributed by atoms with E-state index in [0.29, 0.717) is 11.3 Å². The molecule has 0 aromatic heterocycles. The zero-order valence-electron chi connectivity index (χ0n) is 21.7. The van der Waals surface area contributed by atoms with E-state index in [1.807, 2.05) is 0 Å². The third kappa shape index (κ3) is 7.46. The summed E-state index contributed by atoms with van der Waals surface area (Å²) in [5.41, 5.74) is -0.208. The van der Waals surface area contributed by atoms with Gasteiger partial charge in [0.05, 0.1) is 37.4 Å². The van der Waals surface area contributed by atoms with Crippen molar-refractivity contribution in [1.29, 1.82) is 0 Å². The van der Waals surface area contributed by atoms with Crippen LogP contribution < -0.4 is 4.74 Å². The van der Waals surface area contributed by atoms with Crippen molar-refractivity contribution in [3.05, 3.63) is 58.6 Å². The van der Waals surface area contributed by atoms with Crippen molar-refractivity contribution in [3.8, 4) is 5.75 Å². The average Bonchev–Trinajstić information content (AvgIpc) is 2.93. The number of piperidine rings is 1. The monoisotopic (exact) mass is 650 g/mol. The maximum Gasteiger partial charge on any atom is 0.427 e. The number of sulfonamides is 1. The normalized spacial score (nSPS) is 18.9. The Morgan fingerprint density at radius 3 is 2.33 bits per heavy atom. The third-order valence-corrected chi connectivity index (χ3v) is 9.29. The minimum absolute atomic E-state index is 0.0578. The van der Waals surface area contributed by atoms with Crippen molar-refractivity contribution < 1.29 is 45.3 Å². The molecule has 2 aromatic carbocycles. The second-order valence-electron chi connectivity index (χ2n) is 9.59. The Hall–Kier alpha value is -2.39. The van der Waals surface area contributed by atoms with Gasteiger partial charge in [0.2, 0.25) is 16.1 Å². The summed E-state index contributed by atoms with van der Waals surface area (Å²) in [6, 6.07) is 13.0. The number of hydrogen-bond donors (Lipinski definition) is 0. The van der Waals surface area contributed by atoms with Crippen LogP contribution in [0.25, 0.3) is 0 Å². The van der Waals surface area contributed by atoms with Gasteiger partial charge in [-0.25, -0.2) is 13.2 Å². The zero-order chi connectivity index (χ0) is 29.0. The molecule has 0 bridgehead atoms. The van der Waals surface area contributed by atoms with Crippen LogP contribution >= 0.6 is 15.9 Å². The van der Waals surface area contributed by atoms with Crippen molar-refractivity contribution in [2.75, 3.05) is 46.5 Å². The molecule has 2 aromatic rings. The van der Waals surface area contributed by atoms with E-state index in [4.69, 9.17) is 18.9 Å². The van der Waals surface area contributed by atoms with Gasteiger partial charge in [-0.05, 0) is 54.8 Å². The summed E-state index contributed by atoms with van der Waals surface area (Å²) in [6.45, 7) is -0.413. The third-order valence-electron chi connectivity index (χ3n) is 6.90. The number of halogens is 4. The molecule has 2 heterocycles. The molecule has 0 radical (unpaired) electrons. The molecule has 2 saturated heterocycles. The molecule has 2 aliphatic rings. The summed E-state index contributed by atoms with van der Waals surface area (Å²) in [6.07, 6.45) is -7.87. The Labute approximate surface area is 239 Å². The number of rotatable bonds is 8. The minimum atomic E-state index is -4.82. The Bertz CT molecular complexity index is 1250. The van der Waals surface area contributed by atoms with Crippen LogP contribution in [0.1, 0.15) is 18.4 Å². The molecule has 220 valence electrons. The van der Waals surface area contributed by atoms with Crippen LogP contribution in [0.2, 0.25) is 0 Å². The Balaban J connectivity index is 1.31. The molecule has 4 rings (SSSR count). The van der Waals surface area contributed by atoms with Crippen LogP contribution in [-0.4, -0.2) is 88.1 Å². The molecule has 0 saturated carbocycles. The van der Waals surface area contributed by atoms with E-state index in [1.54, 1.807) is 36.4 Å². The first-order chi connectivity index (χ1) is 18.9. The summed E-state index contributed by atoms with van der Waals surface area (Å²) in [7, 11) is -2.26. The lowest BCUT2D eigenvalue weighted by Gasteiger charge is -2.46. The number of amides is 1. The van der Waals surface area contributed by atoms with E-state index in [2.05, 4.69) is 15.9 Å². The molecular weight excluding hydrogens is 621 g/mol. The molecule has 1 atom stereocenters. The van der Waals surface area contributed by atoms with Crippen LogP contribution in [0.5, 0.6) is 5.75 Å². The van der Waals surface area contributed by atoms with Crippen LogP contribution in [-0.2, 0) is 30.8 Å². The van der Waals surface area contributed by atoms with Gasteiger partial charge in [-0.2, -0.15) is 17.5 Å². The summed E-state index contributed by atoms with van der Waals surface area (Å²) < 4.78 is 90.3. The van der Waals surface area contributed by atoms with Gasteiger partial charge in [-0.3, -0.25) is 0 Å². The summed E-state index contributed by atoms with van der Waals surface area (Å²) in [4.78, 5) is 14.0. The van der Waals surface area contributed by atoms with Crippen molar-refractivity contribution in [2.24, 2.45) is 0 Å². The highest BCUT2D eigenvalue weighted by Gasteiger charge is 2.47. The number of hydrogen-bond acceptors (Lipinski definition) is 7. The molecule has 0 aliphatic carbocycles. The van der Waals surface area contributed by atoms with Crippen molar-refractivity contribution in [2.45, 2.75) is 42.2 Å². The first kappa shape index (κ1) is 30.6. The predicted molar refractivity (Wildman–Crippen MR) is 141 cm³/mol. The summed E-state index contributed by atoms with van der Waals surface area (Å²) in [5.74, 6) is 0.603. The van der Waals surface area contributed by atoms with Gasteiger partial charge in [0, 0.05) is 30.7 Å². The van der Waals surface area contributed by atoms with Gasteiger partial charge in [0.25, 0.3) is 0 Å². The lowest BCUT2D eigenvalue weighted by Crippen LogP contribution is -2.58. The topological polar surface area (TPSA) is 94.6 Å². The first-order valence-corrected chi connectivity index (χ1v) is 14.8. The number of nitrogens with zero attached hydrogens (tertiary/aromatic N) is 2. The number of methoxy groups -OCH3 is 1. The standard InChI is InChI=1S/C26H30BrF3N2O7S/c1-36-21-6-2-19(3-7-21)16-37-17-23(26(28,29)30)39-24(33)31-12-10-25(11-13-31)18-32(14-15-38-25)40(34,35)22-8-4-20(27)5-9-22/h2-9,23H,10-18H2,1H3. The van der Waals surface area contributed by atoms with E-state index in [9.17, 15) is 26.4 Å². The lowest BCUT2D eigenvalue weighted by molar-refractivity contribution is -0.220. The van der Waals surface area contributed by atoms with Crippen molar-refractivity contribution in [1.82, 2.24) is 9.21 Å². The van der Waals surface area contributed by atoms with Crippen LogP contribution in [0.15, 0.2) is 57.9 Å². The average molecular weight is 651 g/mol. The molecule has 40 heavy (non-hydrogen) atoms. The zero-order valence-corrected chi connectivity index (χ0v) is 24.1. The second kappa shape index (κ2) is 12.6. The van der Waals surface area contributed by atoms with Gasteiger partial charge in [-0.15, -0.1) is 0 Å². The molecule has 1 amide bonds. The van der Waals surface area contributed by atoms with Gasteiger partial charge in [-0.1, -0.05) is 28.1 Å². The molecule has 2 aliphatic heterocycles. The van der Waals surface area contributed by atoms with Gasteiger partial charge in [0.1, 0.15) is 5.75 Å². The van der Waals surface area contributed by atoms with Crippen molar-refractivity contribution in [3.63, 3.8) is 0 Å². The van der Waals surface area contributed by atoms with Crippen molar-refractivity contribution >= 4 is 32.0 Å². The van der Waals surface area contributed by atoms with E-state index < -0.39 is 40.6 Å². The molecule has 14 heteroatoms.